The highest BCUT2D eigenvalue weighted by molar-refractivity contribution is 7.99. The van der Waals surface area contributed by atoms with E-state index in [4.69, 9.17) is 15.2 Å². The minimum absolute atomic E-state index is 0.209. The number of piperidine rings is 1. The fourth-order valence-corrected chi connectivity index (χ4v) is 4.18. The first-order valence-corrected chi connectivity index (χ1v) is 9.68. The summed E-state index contributed by atoms with van der Waals surface area (Å²) in [5.74, 6) is 3.25. The maximum atomic E-state index is 12.5. The number of amides is 1. The summed E-state index contributed by atoms with van der Waals surface area (Å²) < 4.78 is 11.1. The number of carbonyl (C=O) groups excluding carboxylic acids is 1. The summed E-state index contributed by atoms with van der Waals surface area (Å²) in [4.78, 5) is 15.6. The number of fused-ring (bicyclic) bond motifs is 1. The topological polar surface area (TPSA) is 64.8 Å². The van der Waals surface area contributed by atoms with Gasteiger partial charge in [-0.05, 0) is 37.0 Å². The maximum Gasteiger partial charge on any atom is 0.223 e. The Balaban J connectivity index is 1.50. The van der Waals surface area contributed by atoms with Crippen molar-refractivity contribution in [2.45, 2.75) is 37.1 Å². The second-order valence-electron chi connectivity index (χ2n) is 6.51. The van der Waals surface area contributed by atoms with Gasteiger partial charge in [0.25, 0.3) is 0 Å². The molecule has 5 nitrogen and oxygen atoms in total. The number of carbonyl (C=O) groups is 1. The van der Waals surface area contributed by atoms with Gasteiger partial charge in [0.15, 0.2) is 11.5 Å². The minimum Gasteiger partial charge on any atom is -0.486 e. The van der Waals surface area contributed by atoms with Crippen LogP contribution in [0, 0.1) is 5.92 Å². The van der Waals surface area contributed by atoms with Crippen LogP contribution in [0.25, 0.3) is 0 Å². The van der Waals surface area contributed by atoms with Crippen LogP contribution in [0.3, 0.4) is 0 Å². The average Bonchev–Trinajstić information content (AvgIpc) is 2.61. The fourth-order valence-electron chi connectivity index (χ4n) is 3.32. The molecule has 0 spiro atoms. The predicted octanol–water partition coefficient (Wildman–Crippen LogP) is 2.53. The highest BCUT2D eigenvalue weighted by atomic mass is 32.2. The molecule has 0 radical (unpaired) electrons. The molecule has 0 aliphatic carbocycles. The number of likely N-dealkylation sites (tertiary alicyclic amines) is 1. The second-order valence-corrected chi connectivity index (χ2v) is 7.68. The van der Waals surface area contributed by atoms with Crippen molar-refractivity contribution in [3.05, 3.63) is 18.2 Å². The molecule has 1 aromatic carbocycles. The summed E-state index contributed by atoms with van der Waals surface area (Å²) in [7, 11) is 0. The predicted molar refractivity (Wildman–Crippen MR) is 95.7 cm³/mol. The van der Waals surface area contributed by atoms with E-state index in [1.807, 2.05) is 23.1 Å². The Kier molecular flexibility index (Phi) is 5.89. The molecule has 3 rings (SSSR count). The molecule has 6 heteroatoms. The first-order chi connectivity index (χ1) is 11.7. The number of thioether (sulfide) groups is 1. The number of rotatable bonds is 5. The van der Waals surface area contributed by atoms with E-state index >= 15 is 0 Å². The Bertz CT molecular complexity index is 581. The lowest BCUT2D eigenvalue weighted by Crippen LogP contribution is -2.49. The first kappa shape index (κ1) is 17.4. The Morgan fingerprint density at radius 2 is 2.12 bits per heavy atom. The molecule has 1 amide bonds. The Morgan fingerprint density at radius 1 is 1.33 bits per heavy atom. The van der Waals surface area contributed by atoms with Crippen LogP contribution in [0.2, 0.25) is 0 Å². The van der Waals surface area contributed by atoms with Gasteiger partial charge in [0, 0.05) is 36.2 Å². The van der Waals surface area contributed by atoms with Gasteiger partial charge >= 0.3 is 0 Å². The van der Waals surface area contributed by atoms with Gasteiger partial charge < -0.3 is 20.1 Å². The lowest BCUT2D eigenvalue weighted by molar-refractivity contribution is -0.134. The van der Waals surface area contributed by atoms with Crippen LogP contribution in [0.15, 0.2) is 23.1 Å². The number of nitrogens with two attached hydrogens (primary N) is 1. The Labute approximate surface area is 147 Å². The molecular weight excluding hydrogens is 324 g/mol. The highest BCUT2D eigenvalue weighted by Gasteiger charge is 2.28. The van der Waals surface area contributed by atoms with Crippen molar-refractivity contribution in [1.29, 1.82) is 0 Å². The van der Waals surface area contributed by atoms with Crippen LogP contribution in [0.4, 0.5) is 0 Å². The molecule has 0 bridgehead atoms. The third kappa shape index (κ3) is 4.16. The summed E-state index contributed by atoms with van der Waals surface area (Å²) in [6.07, 6.45) is 2.65. The van der Waals surface area contributed by atoms with E-state index in [0.717, 1.165) is 41.5 Å². The van der Waals surface area contributed by atoms with E-state index < -0.39 is 0 Å². The summed E-state index contributed by atoms with van der Waals surface area (Å²) in [6.45, 7) is 4.84. The molecule has 0 aromatic heterocycles. The van der Waals surface area contributed by atoms with E-state index in [2.05, 4.69) is 6.92 Å². The lowest BCUT2D eigenvalue weighted by Gasteiger charge is -2.38. The van der Waals surface area contributed by atoms with Crippen molar-refractivity contribution in [1.82, 2.24) is 4.90 Å². The van der Waals surface area contributed by atoms with Gasteiger partial charge in [-0.1, -0.05) is 6.92 Å². The monoisotopic (exact) mass is 350 g/mol. The molecule has 2 atom stereocenters. The molecular formula is C18H26N2O3S. The third-order valence-corrected chi connectivity index (χ3v) is 5.66. The van der Waals surface area contributed by atoms with Gasteiger partial charge in [0.1, 0.15) is 13.2 Å². The van der Waals surface area contributed by atoms with Crippen LogP contribution in [-0.4, -0.2) is 48.9 Å². The Hall–Kier alpha value is -1.40. The number of hydrogen-bond acceptors (Lipinski definition) is 5. The molecule has 1 aromatic rings. The van der Waals surface area contributed by atoms with Crippen molar-refractivity contribution in [2.75, 3.05) is 32.1 Å². The summed E-state index contributed by atoms with van der Waals surface area (Å²) in [6, 6.07) is 6.17. The third-order valence-electron chi connectivity index (χ3n) is 4.67. The quantitative estimate of drug-likeness (QED) is 0.827. The largest absolute Gasteiger partial charge is 0.486 e. The average molecular weight is 350 g/mol. The summed E-state index contributed by atoms with van der Waals surface area (Å²) >= 11 is 1.68. The van der Waals surface area contributed by atoms with E-state index in [-0.39, 0.29) is 11.9 Å². The van der Waals surface area contributed by atoms with E-state index in [1.165, 1.54) is 0 Å². The van der Waals surface area contributed by atoms with Crippen molar-refractivity contribution in [3.63, 3.8) is 0 Å². The highest BCUT2D eigenvalue weighted by Crippen LogP contribution is 2.34. The fraction of sp³-hybridized carbons (Fsp3) is 0.611. The van der Waals surface area contributed by atoms with Gasteiger partial charge in [-0.25, -0.2) is 0 Å². The lowest BCUT2D eigenvalue weighted by atomic mass is 9.92. The molecule has 1 saturated heterocycles. The zero-order valence-electron chi connectivity index (χ0n) is 14.2. The summed E-state index contributed by atoms with van der Waals surface area (Å²) in [5, 5.41) is 0. The van der Waals surface area contributed by atoms with E-state index in [1.54, 1.807) is 11.8 Å². The summed E-state index contributed by atoms with van der Waals surface area (Å²) in [5.41, 5.74) is 5.85. The van der Waals surface area contributed by atoms with Crippen molar-refractivity contribution in [3.8, 4) is 11.5 Å². The van der Waals surface area contributed by atoms with Crippen LogP contribution in [0.5, 0.6) is 11.5 Å². The molecule has 24 heavy (non-hydrogen) atoms. The number of ether oxygens (including phenoxy) is 2. The first-order valence-electron chi connectivity index (χ1n) is 8.69. The van der Waals surface area contributed by atoms with Crippen molar-refractivity contribution < 1.29 is 14.3 Å². The van der Waals surface area contributed by atoms with Gasteiger partial charge in [0.05, 0.1) is 0 Å². The zero-order valence-corrected chi connectivity index (χ0v) is 15.0. The molecule has 2 heterocycles. The van der Waals surface area contributed by atoms with Crippen LogP contribution < -0.4 is 15.2 Å². The second kappa shape index (κ2) is 8.12. The molecule has 2 N–H and O–H groups in total. The molecule has 2 aliphatic rings. The van der Waals surface area contributed by atoms with Crippen molar-refractivity contribution >= 4 is 17.7 Å². The van der Waals surface area contributed by atoms with Crippen LogP contribution >= 0.6 is 11.8 Å². The number of hydrogen-bond donors (Lipinski definition) is 1. The smallest absolute Gasteiger partial charge is 0.223 e. The van der Waals surface area contributed by atoms with Gasteiger partial charge in [-0.2, -0.15) is 0 Å². The zero-order chi connectivity index (χ0) is 16.9. The minimum atomic E-state index is 0.209. The maximum absolute atomic E-state index is 12.5. The van der Waals surface area contributed by atoms with Crippen LogP contribution in [-0.2, 0) is 4.79 Å². The van der Waals surface area contributed by atoms with Gasteiger partial charge in [0.2, 0.25) is 5.91 Å². The number of nitrogens with zero attached hydrogens (tertiary/aromatic N) is 1. The standard InChI is InChI=1S/C18H26N2O3S/c1-13-4-6-20(14(10-13)12-19)18(21)5-9-24-15-2-3-16-17(11-15)23-8-7-22-16/h2-3,11,13-14H,4-10,12,19H2,1H3. The number of benzene rings is 1. The van der Waals surface area contributed by atoms with Crippen LogP contribution in [0.1, 0.15) is 26.2 Å². The van der Waals surface area contributed by atoms with Gasteiger partial charge in [-0.15, -0.1) is 11.8 Å². The Morgan fingerprint density at radius 3 is 2.92 bits per heavy atom. The van der Waals surface area contributed by atoms with Crippen molar-refractivity contribution in [2.24, 2.45) is 11.7 Å². The molecule has 1 fully saturated rings. The van der Waals surface area contributed by atoms with E-state index in [9.17, 15) is 4.79 Å². The normalized spacial score (nSPS) is 23.2. The molecule has 2 unspecified atom stereocenters. The van der Waals surface area contributed by atoms with Gasteiger partial charge in [-0.3, -0.25) is 4.79 Å². The SMILES string of the molecule is CC1CCN(C(=O)CCSc2ccc3c(c2)OCCO3)C(CN)C1. The molecule has 2 aliphatic heterocycles. The molecule has 132 valence electrons. The van der Waals surface area contributed by atoms with E-state index in [0.29, 0.717) is 32.1 Å². The molecule has 0 saturated carbocycles.